The van der Waals surface area contributed by atoms with Gasteiger partial charge in [0.2, 0.25) is 5.91 Å². The molecule has 3 N–H and O–H groups in total. The average molecular weight is 324 g/mol. The quantitative estimate of drug-likeness (QED) is 0.584. The maximum absolute atomic E-state index is 12.4. The fourth-order valence-electron chi connectivity index (χ4n) is 3.64. The minimum absolute atomic E-state index is 0.0503. The third-order valence-electron chi connectivity index (χ3n) is 4.72. The molecule has 0 spiro atoms. The number of anilines is 2. The number of hydrogen-bond donors (Lipinski definition) is 3. The second kappa shape index (κ2) is 5.78. The van der Waals surface area contributed by atoms with Crippen molar-refractivity contribution in [3.05, 3.63) is 29.0 Å². The van der Waals surface area contributed by atoms with Crippen molar-refractivity contribution in [1.29, 1.82) is 0 Å². The topological polar surface area (TPSA) is 83.1 Å². The summed E-state index contributed by atoms with van der Waals surface area (Å²) in [5, 5.41) is 4.24. The molecule has 0 saturated heterocycles. The number of ketones is 1. The van der Waals surface area contributed by atoms with E-state index in [4.69, 9.17) is 4.98 Å². The third-order valence-corrected chi connectivity index (χ3v) is 4.72. The molecule has 2 heterocycles. The zero-order valence-electron chi connectivity index (χ0n) is 13.7. The number of aryl methyl sites for hydroxylation is 1. The number of pyridine rings is 1. The first-order valence-corrected chi connectivity index (χ1v) is 8.42. The largest absolute Gasteiger partial charge is 0.377 e. The number of benzene rings is 1. The molecular formula is C18H20N4O2. The van der Waals surface area contributed by atoms with Crippen LogP contribution in [0.1, 0.15) is 47.8 Å². The number of carbonyl (C=O) groups excluding carboxylic acids is 2. The second-order valence-electron chi connectivity index (χ2n) is 6.47. The van der Waals surface area contributed by atoms with Gasteiger partial charge in [-0.1, -0.05) is 6.42 Å². The highest BCUT2D eigenvalue weighted by Crippen LogP contribution is 2.38. The van der Waals surface area contributed by atoms with Crippen molar-refractivity contribution in [2.45, 2.75) is 39.0 Å². The van der Waals surface area contributed by atoms with Gasteiger partial charge in [-0.15, -0.1) is 0 Å². The number of carbonyl (C=O) groups is 2. The summed E-state index contributed by atoms with van der Waals surface area (Å²) in [5.41, 5.74) is 11.1. The summed E-state index contributed by atoms with van der Waals surface area (Å²) in [6, 6.07) is 3.69. The molecule has 6 heteroatoms. The first kappa shape index (κ1) is 14.9. The van der Waals surface area contributed by atoms with Gasteiger partial charge in [-0.2, -0.15) is 0 Å². The number of fused-ring (bicyclic) bond motifs is 2. The van der Waals surface area contributed by atoms with E-state index in [1.807, 2.05) is 6.07 Å². The van der Waals surface area contributed by atoms with E-state index < -0.39 is 0 Å². The average Bonchev–Trinajstić information content (AvgIpc) is 2.80. The summed E-state index contributed by atoms with van der Waals surface area (Å²) in [6.45, 7) is 1.74. The maximum Gasteiger partial charge on any atom is 0.235 e. The lowest BCUT2D eigenvalue weighted by atomic mass is 9.93. The van der Waals surface area contributed by atoms with E-state index in [1.165, 1.54) is 25.3 Å². The van der Waals surface area contributed by atoms with Gasteiger partial charge in [0, 0.05) is 29.3 Å². The first-order chi connectivity index (χ1) is 11.6. The van der Waals surface area contributed by atoms with E-state index in [9.17, 15) is 9.59 Å². The molecule has 124 valence electrons. The van der Waals surface area contributed by atoms with E-state index >= 15 is 0 Å². The number of rotatable bonds is 2. The summed E-state index contributed by atoms with van der Waals surface area (Å²) in [7, 11) is 0. The summed E-state index contributed by atoms with van der Waals surface area (Å²) in [4.78, 5) is 28.4. The van der Waals surface area contributed by atoms with Gasteiger partial charge >= 0.3 is 0 Å². The normalized spacial score (nSPS) is 16.1. The molecule has 2 aliphatic rings. The molecule has 1 aliphatic heterocycles. The minimum atomic E-state index is -0.188. The highest BCUT2D eigenvalue weighted by atomic mass is 16.2. The Morgan fingerprint density at radius 1 is 1.21 bits per heavy atom. The standard InChI is InChI=1S/C18H20N4O2/c1-10(23)21-22-11-7-13-16(24)9-19-18-12-5-3-2-4-6-14(12)20-15(8-11)17(13)18/h7-8,19,22H,2-6,9H2,1H3,(H,21,23). The SMILES string of the molecule is CC(=O)NNc1cc2c3c(c4c(nc3c1)CCCCC4)NCC2=O. The Bertz CT molecular complexity index is 860. The zero-order valence-corrected chi connectivity index (χ0v) is 13.7. The van der Waals surface area contributed by atoms with Gasteiger partial charge in [-0.3, -0.25) is 25.4 Å². The highest BCUT2D eigenvalue weighted by molar-refractivity contribution is 6.17. The van der Waals surface area contributed by atoms with Crippen LogP contribution in [0, 0.1) is 0 Å². The third kappa shape index (κ3) is 2.48. The van der Waals surface area contributed by atoms with Crippen LogP contribution in [0.4, 0.5) is 11.4 Å². The van der Waals surface area contributed by atoms with Crippen LogP contribution in [-0.2, 0) is 17.6 Å². The van der Waals surface area contributed by atoms with E-state index in [-0.39, 0.29) is 11.7 Å². The van der Waals surface area contributed by atoms with Gasteiger partial charge in [-0.25, -0.2) is 0 Å². The van der Waals surface area contributed by atoms with Crippen LogP contribution in [0.5, 0.6) is 0 Å². The maximum atomic E-state index is 12.4. The molecule has 0 saturated carbocycles. The monoisotopic (exact) mass is 324 g/mol. The van der Waals surface area contributed by atoms with Crippen LogP contribution in [-0.4, -0.2) is 23.2 Å². The predicted molar refractivity (Wildman–Crippen MR) is 93.3 cm³/mol. The van der Waals surface area contributed by atoms with Crippen LogP contribution in [0.2, 0.25) is 0 Å². The van der Waals surface area contributed by atoms with Gasteiger partial charge in [0.1, 0.15) is 0 Å². The van der Waals surface area contributed by atoms with Gasteiger partial charge < -0.3 is 5.32 Å². The number of nitrogens with one attached hydrogen (secondary N) is 3. The van der Waals surface area contributed by atoms with Crippen LogP contribution >= 0.6 is 0 Å². The molecule has 0 bridgehead atoms. The van der Waals surface area contributed by atoms with Crippen LogP contribution in [0.3, 0.4) is 0 Å². The van der Waals surface area contributed by atoms with Crippen molar-refractivity contribution >= 4 is 34.0 Å². The minimum Gasteiger partial charge on any atom is -0.377 e. The van der Waals surface area contributed by atoms with E-state index in [0.29, 0.717) is 17.8 Å². The molecule has 0 radical (unpaired) electrons. The Kier molecular flexibility index (Phi) is 3.59. The van der Waals surface area contributed by atoms with Gasteiger partial charge in [-0.05, 0) is 43.4 Å². The van der Waals surface area contributed by atoms with Crippen LogP contribution in [0.25, 0.3) is 10.9 Å². The van der Waals surface area contributed by atoms with E-state index in [1.54, 1.807) is 6.07 Å². The lowest BCUT2D eigenvalue weighted by Gasteiger charge is -2.23. The molecule has 1 aliphatic carbocycles. The summed E-state index contributed by atoms with van der Waals surface area (Å²) >= 11 is 0. The van der Waals surface area contributed by atoms with Crippen molar-refractivity contribution in [1.82, 2.24) is 10.4 Å². The molecule has 24 heavy (non-hydrogen) atoms. The van der Waals surface area contributed by atoms with Crippen LogP contribution in [0.15, 0.2) is 12.1 Å². The second-order valence-corrected chi connectivity index (χ2v) is 6.47. The van der Waals surface area contributed by atoms with Crippen molar-refractivity contribution in [2.24, 2.45) is 0 Å². The number of hydrazine groups is 1. The zero-order chi connectivity index (χ0) is 16.7. The molecule has 0 atom stereocenters. The smallest absolute Gasteiger partial charge is 0.235 e. The number of aromatic nitrogens is 1. The number of amides is 1. The fourth-order valence-corrected chi connectivity index (χ4v) is 3.64. The Hall–Kier alpha value is -2.63. The molecular weight excluding hydrogens is 304 g/mol. The molecule has 1 aromatic carbocycles. The van der Waals surface area contributed by atoms with Crippen molar-refractivity contribution < 1.29 is 9.59 Å². The van der Waals surface area contributed by atoms with Crippen molar-refractivity contribution in [3.63, 3.8) is 0 Å². The Morgan fingerprint density at radius 3 is 2.88 bits per heavy atom. The molecule has 0 unspecified atom stereocenters. The van der Waals surface area contributed by atoms with Gasteiger partial charge in [0.15, 0.2) is 5.78 Å². The Morgan fingerprint density at radius 2 is 2.04 bits per heavy atom. The molecule has 6 nitrogen and oxygen atoms in total. The molecule has 1 aromatic heterocycles. The summed E-state index contributed by atoms with van der Waals surface area (Å²) in [6.07, 6.45) is 5.53. The highest BCUT2D eigenvalue weighted by Gasteiger charge is 2.25. The fraction of sp³-hybridized carbons (Fsp3) is 0.389. The van der Waals surface area contributed by atoms with Crippen molar-refractivity contribution in [2.75, 3.05) is 17.3 Å². The van der Waals surface area contributed by atoms with Gasteiger partial charge in [0.05, 0.1) is 17.7 Å². The van der Waals surface area contributed by atoms with E-state index in [2.05, 4.69) is 16.2 Å². The molecule has 2 aromatic rings. The lowest BCUT2D eigenvalue weighted by molar-refractivity contribution is -0.118. The molecule has 0 fully saturated rings. The first-order valence-electron chi connectivity index (χ1n) is 8.42. The number of Topliss-reactive ketones (excluding diaryl/α,β-unsaturated/α-hetero) is 1. The van der Waals surface area contributed by atoms with Crippen molar-refractivity contribution in [3.8, 4) is 0 Å². The van der Waals surface area contributed by atoms with Gasteiger partial charge in [0.25, 0.3) is 0 Å². The number of hydrogen-bond acceptors (Lipinski definition) is 5. The Labute approximate surface area is 140 Å². The predicted octanol–water partition coefficient (Wildman–Crippen LogP) is 2.57. The van der Waals surface area contributed by atoms with E-state index in [0.717, 1.165) is 41.5 Å². The summed E-state index contributed by atoms with van der Waals surface area (Å²) < 4.78 is 0. The lowest BCUT2D eigenvalue weighted by Crippen LogP contribution is -2.27. The number of nitrogens with zero attached hydrogens (tertiary/aromatic N) is 1. The summed E-state index contributed by atoms with van der Waals surface area (Å²) in [5.74, 6) is -0.137. The Balaban J connectivity index is 1.92. The molecule has 1 amide bonds. The van der Waals surface area contributed by atoms with Crippen LogP contribution < -0.4 is 16.2 Å². The molecule has 4 rings (SSSR count).